The number of rotatable bonds is 4. The van der Waals surface area contributed by atoms with Crippen LogP contribution in [0.25, 0.3) is 11.3 Å². The van der Waals surface area contributed by atoms with Crippen molar-refractivity contribution in [3.8, 4) is 11.3 Å². The maximum absolute atomic E-state index is 12.9. The average Bonchev–Trinajstić information content (AvgIpc) is 3.17. The van der Waals surface area contributed by atoms with Crippen LogP contribution in [0.2, 0.25) is 0 Å². The summed E-state index contributed by atoms with van der Waals surface area (Å²) in [6.07, 6.45) is 0.201. The van der Waals surface area contributed by atoms with Gasteiger partial charge in [0.25, 0.3) is 5.91 Å². The summed E-state index contributed by atoms with van der Waals surface area (Å²) in [6, 6.07) is 7.14. The van der Waals surface area contributed by atoms with E-state index in [0.29, 0.717) is 11.3 Å². The molecule has 1 unspecified atom stereocenters. The highest BCUT2D eigenvalue weighted by Gasteiger charge is 2.44. The summed E-state index contributed by atoms with van der Waals surface area (Å²) in [7, 11) is 0. The van der Waals surface area contributed by atoms with Gasteiger partial charge in [0.15, 0.2) is 5.54 Å². The first-order valence-corrected chi connectivity index (χ1v) is 6.95. The Kier molecular flexibility index (Phi) is 3.83. The van der Waals surface area contributed by atoms with Gasteiger partial charge < -0.3 is 15.2 Å². The normalized spacial score (nSPS) is 20.4. The van der Waals surface area contributed by atoms with Gasteiger partial charge in [-0.1, -0.05) is 0 Å². The van der Waals surface area contributed by atoms with Crippen LogP contribution in [-0.4, -0.2) is 45.9 Å². The molecule has 2 aromatic rings. The Morgan fingerprint density at radius 2 is 2.09 bits per heavy atom. The fourth-order valence-electron chi connectivity index (χ4n) is 2.38. The summed E-state index contributed by atoms with van der Waals surface area (Å²) in [4.78, 5) is 23.6. The van der Waals surface area contributed by atoms with Crippen molar-refractivity contribution in [1.82, 2.24) is 15.5 Å². The number of H-pyrrole nitrogens is 1. The molecule has 8 heteroatoms. The predicted molar refractivity (Wildman–Crippen MR) is 77.3 cm³/mol. The minimum atomic E-state index is -1.42. The Labute approximate surface area is 130 Å². The lowest BCUT2D eigenvalue weighted by molar-refractivity contribution is -0.144. The van der Waals surface area contributed by atoms with Crippen LogP contribution in [0.5, 0.6) is 0 Å². The summed E-state index contributed by atoms with van der Waals surface area (Å²) in [5, 5.41) is 18.4. The standard InChI is InChI=1S/C15H14FN3O4/c16-10-3-1-9(2-4-10)11-7-12(19-18-11)13(20)17-15(14(21)22)5-6-23-8-15/h1-4,7H,5-6,8H2,(H,17,20)(H,18,19)(H,21,22). The van der Waals surface area contributed by atoms with E-state index >= 15 is 0 Å². The predicted octanol–water partition coefficient (Wildman–Crippen LogP) is 1.19. The molecule has 3 rings (SSSR count). The summed E-state index contributed by atoms with van der Waals surface area (Å²) < 4.78 is 18.0. The van der Waals surface area contributed by atoms with E-state index in [1.807, 2.05) is 0 Å². The van der Waals surface area contributed by atoms with E-state index in [-0.39, 0.29) is 31.1 Å². The van der Waals surface area contributed by atoms with Crippen molar-refractivity contribution in [2.75, 3.05) is 13.2 Å². The Bertz CT molecular complexity index is 735. The van der Waals surface area contributed by atoms with Gasteiger partial charge in [0.2, 0.25) is 0 Å². The molecule has 1 aliphatic rings. The van der Waals surface area contributed by atoms with Crippen LogP contribution >= 0.6 is 0 Å². The molecule has 1 fully saturated rings. The van der Waals surface area contributed by atoms with Gasteiger partial charge in [-0.2, -0.15) is 5.10 Å². The van der Waals surface area contributed by atoms with E-state index in [4.69, 9.17) is 4.74 Å². The molecule has 0 radical (unpaired) electrons. The Morgan fingerprint density at radius 3 is 2.70 bits per heavy atom. The van der Waals surface area contributed by atoms with Gasteiger partial charge in [0.05, 0.1) is 12.3 Å². The minimum absolute atomic E-state index is 0.0764. The molecule has 0 spiro atoms. The van der Waals surface area contributed by atoms with Crippen LogP contribution in [0.4, 0.5) is 4.39 Å². The first-order chi connectivity index (χ1) is 11.0. The van der Waals surface area contributed by atoms with E-state index in [1.165, 1.54) is 30.3 Å². The quantitative estimate of drug-likeness (QED) is 0.785. The van der Waals surface area contributed by atoms with Crippen molar-refractivity contribution < 1.29 is 23.8 Å². The molecule has 1 amide bonds. The Hall–Kier alpha value is -2.74. The van der Waals surface area contributed by atoms with Gasteiger partial charge in [-0.15, -0.1) is 0 Å². The third-order valence-electron chi connectivity index (χ3n) is 3.75. The summed E-state index contributed by atoms with van der Waals surface area (Å²) in [5.41, 5.74) is -0.198. The number of benzene rings is 1. The molecule has 1 atom stereocenters. The smallest absolute Gasteiger partial charge is 0.331 e. The number of nitrogens with zero attached hydrogens (tertiary/aromatic N) is 1. The lowest BCUT2D eigenvalue weighted by atomic mass is 9.99. The van der Waals surface area contributed by atoms with Crippen molar-refractivity contribution in [3.63, 3.8) is 0 Å². The number of carboxylic acids is 1. The fourth-order valence-corrected chi connectivity index (χ4v) is 2.38. The Balaban J connectivity index is 1.78. The number of aliphatic carboxylic acids is 1. The molecule has 1 aromatic heterocycles. The molecule has 3 N–H and O–H groups in total. The molecule has 1 aliphatic heterocycles. The highest BCUT2D eigenvalue weighted by atomic mass is 19.1. The average molecular weight is 319 g/mol. The van der Waals surface area contributed by atoms with Gasteiger partial charge in [-0.3, -0.25) is 9.89 Å². The van der Waals surface area contributed by atoms with Crippen molar-refractivity contribution in [3.05, 3.63) is 41.8 Å². The molecule has 23 heavy (non-hydrogen) atoms. The number of aromatic amines is 1. The lowest BCUT2D eigenvalue weighted by Crippen LogP contribution is -2.55. The Morgan fingerprint density at radius 1 is 1.35 bits per heavy atom. The molecular formula is C15H14FN3O4. The van der Waals surface area contributed by atoms with E-state index in [0.717, 1.165) is 0 Å². The highest BCUT2D eigenvalue weighted by molar-refractivity contribution is 5.97. The molecule has 1 aromatic carbocycles. The molecule has 0 saturated carbocycles. The third kappa shape index (κ3) is 2.93. The van der Waals surface area contributed by atoms with E-state index < -0.39 is 17.4 Å². The first kappa shape index (κ1) is 15.2. The van der Waals surface area contributed by atoms with Crippen LogP contribution in [0.15, 0.2) is 30.3 Å². The molecule has 2 heterocycles. The van der Waals surface area contributed by atoms with Crippen molar-refractivity contribution in [2.24, 2.45) is 0 Å². The molecule has 120 valence electrons. The second-order valence-electron chi connectivity index (χ2n) is 5.32. The van der Waals surface area contributed by atoms with Gasteiger partial charge in [-0.05, 0) is 30.3 Å². The number of nitrogens with one attached hydrogen (secondary N) is 2. The second-order valence-corrected chi connectivity index (χ2v) is 5.32. The second kappa shape index (κ2) is 5.81. The lowest BCUT2D eigenvalue weighted by Gasteiger charge is -2.23. The van der Waals surface area contributed by atoms with E-state index in [1.54, 1.807) is 0 Å². The van der Waals surface area contributed by atoms with Gasteiger partial charge in [0.1, 0.15) is 11.5 Å². The number of carbonyl (C=O) groups is 2. The van der Waals surface area contributed by atoms with Crippen molar-refractivity contribution in [2.45, 2.75) is 12.0 Å². The minimum Gasteiger partial charge on any atom is -0.479 e. The van der Waals surface area contributed by atoms with Crippen LogP contribution in [0, 0.1) is 5.82 Å². The van der Waals surface area contributed by atoms with E-state index in [9.17, 15) is 19.1 Å². The SMILES string of the molecule is O=C(NC1(C(=O)O)CCOC1)c1cc(-c2ccc(F)cc2)n[nH]1. The largest absolute Gasteiger partial charge is 0.479 e. The topological polar surface area (TPSA) is 104 Å². The maximum atomic E-state index is 12.9. The number of aromatic nitrogens is 2. The number of hydrogen-bond donors (Lipinski definition) is 3. The summed E-state index contributed by atoms with van der Waals surface area (Å²) in [6.45, 7) is 0.198. The molecule has 1 saturated heterocycles. The third-order valence-corrected chi connectivity index (χ3v) is 3.75. The molecule has 0 bridgehead atoms. The first-order valence-electron chi connectivity index (χ1n) is 6.95. The van der Waals surface area contributed by atoms with Gasteiger partial charge in [-0.25, -0.2) is 9.18 Å². The van der Waals surface area contributed by atoms with Crippen LogP contribution in [0.3, 0.4) is 0 Å². The van der Waals surface area contributed by atoms with E-state index in [2.05, 4.69) is 15.5 Å². The van der Waals surface area contributed by atoms with Gasteiger partial charge >= 0.3 is 5.97 Å². The van der Waals surface area contributed by atoms with Gasteiger partial charge in [0, 0.05) is 18.6 Å². The summed E-state index contributed by atoms with van der Waals surface area (Å²) in [5.74, 6) is -2.09. The number of halogens is 1. The number of carboxylic acid groups (broad SMARTS) is 1. The zero-order chi connectivity index (χ0) is 16.4. The fraction of sp³-hybridized carbons (Fsp3) is 0.267. The zero-order valence-corrected chi connectivity index (χ0v) is 12.0. The molecular weight excluding hydrogens is 305 g/mol. The number of amides is 1. The zero-order valence-electron chi connectivity index (χ0n) is 12.0. The maximum Gasteiger partial charge on any atom is 0.331 e. The number of ether oxygens (including phenoxy) is 1. The number of hydrogen-bond acceptors (Lipinski definition) is 4. The molecule has 0 aliphatic carbocycles. The highest BCUT2D eigenvalue weighted by Crippen LogP contribution is 2.21. The molecule has 7 nitrogen and oxygen atoms in total. The van der Waals surface area contributed by atoms with Crippen molar-refractivity contribution in [1.29, 1.82) is 0 Å². The summed E-state index contributed by atoms with van der Waals surface area (Å²) >= 11 is 0. The monoisotopic (exact) mass is 319 g/mol. The van der Waals surface area contributed by atoms with Crippen molar-refractivity contribution >= 4 is 11.9 Å². The number of carbonyl (C=O) groups excluding carboxylic acids is 1. The van der Waals surface area contributed by atoms with Crippen LogP contribution in [0.1, 0.15) is 16.9 Å². The van der Waals surface area contributed by atoms with Crippen LogP contribution in [-0.2, 0) is 9.53 Å². The van der Waals surface area contributed by atoms with Crippen LogP contribution < -0.4 is 5.32 Å².